The van der Waals surface area contributed by atoms with E-state index in [1.807, 2.05) is 16.9 Å². The summed E-state index contributed by atoms with van der Waals surface area (Å²) in [7, 11) is 0. The van der Waals surface area contributed by atoms with Crippen molar-refractivity contribution in [3.63, 3.8) is 0 Å². The molecule has 4 aromatic rings. The van der Waals surface area contributed by atoms with Crippen LogP contribution in [0.25, 0.3) is 22.3 Å². The minimum absolute atomic E-state index is 0.0347. The Labute approximate surface area is 218 Å². The monoisotopic (exact) mass is 519 g/mol. The molecule has 196 valence electrons. The Morgan fingerprint density at radius 1 is 1.16 bits per heavy atom. The summed E-state index contributed by atoms with van der Waals surface area (Å²) in [6, 6.07) is 5.77. The zero-order chi connectivity index (χ0) is 26.4. The summed E-state index contributed by atoms with van der Waals surface area (Å²) >= 11 is 0. The van der Waals surface area contributed by atoms with Gasteiger partial charge in [-0.1, -0.05) is 0 Å². The van der Waals surface area contributed by atoms with Gasteiger partial charge < -0.3 is 9.47 Å². The average Bonchev–Trinajstić information content (AvgIpc) is 3.63. The van der Waals surface area contributed by atoms with Gasteiger partial charge in [-0.3, -0.25) is 9.48 Å². The first-order valence-corrected chi connectivity index (χ1v) is 12.8. The lowest BCUT2D eigenvalue weighted by Crippen LogP contribution is -2.19. The van der Waals surface area contributed by atoms with Gasteiger partial charge in [-0.25, -0.2) is 23.7 Å². The Morgan fingerprint density at radius 2 is 2.00 bits per heavy atom. The Hall–Kier alpha value is -3.79. The smallest absolute Gasteiger partial charge is 0.303 e. The highest BCUT2D eigenvalue weighted by molar-refractivity contribution is 5.89. The van der Waals surface area contributed by atoms with Crippen LogP contribution in [0.5, 0.6) is 0 Å². The second kappa shape index (κ2) is 9.83. The maximum atomic E-state index is 15.0. The van der Waals surface area contributed by atoms with Crippen molar-refractivity contribution in [1.29, 1.82) is 0 Å². The van der Waals surface area contributed by atoms with Gasteiger partial charge in [0, 0.05) is 48.5 Å². The lowest BCUT2D eigenvalue weighted by molar-refractivity contribution is -0.142. The summed E-state index contributed by atoms with van der Waals surface area (Å²) in [5, 5.41) is 4.51. The minimum Gasteiger partial charge on any atom is -0.459 e. The molecule has 1 saturated carbocycles. The van der Waals surface area contributed by atoms with Crippen molar-refractivity contribution in [3.05, 3.63) is 70.9 Å². The Balaban J connectivity index is 1.41. The number of rotatable bonds is 6. The van der Waals surface area contributed by atoms with E-state index in [1.54, 1.807) is 6.92 Å². The van der Waals surface area contributed by atoms with Gasteiger partial charge in [0.1, 0.15) is 29.5 Å². The summed E-state index contributed by atoms with van der Waals surface area (Å²) in [6.07, 6.45) is 7.56. The second-order valence-corrected chi connectivity index (χ2v) is 9.99. The number of fused-ring (bicyclic) bond motifs is 1. The first-order valence-electron chi connectivity index (χ1n) is 12.8. The molecule has 1 aromatic carbocycles. The average molecular weight is 520 g/mol. The summed E-state index contributed by atoms with van der Waals surface area (Å²) in [5.74, 6) is -1.82. The van der Waals surface area contributed by atoms with E-state index in [1.165, 1.54) is 19.1 Å². The number of esters is 1. The zero-order valence-electron chi connectivity index (χ0n) is 21.2. The van der Waals surface area contributed by atoms with Crippen molar-refractivity contribution in [2.45, 2.75) is 64.2 Å². The molecule has 38 heavy (non-hydrogen) atoms. The first-order chi connectivity index (χ1) is 18.4. The van der Waals surface area contributed by atoms with Gasteiger partial charge in [-0.2, -0.15) is 5.10 Å². The molecule has 0 N–H and O–H groups in total. The normalized spacial score (nSPS) is 19.6. The summed E-state index contributed by atoms with van der Waals surface area (Å²) in [6.45, 7) is 3.59. The summed E-state index contributed by atoms with van der Waals surface area (Å²) in [4.78, 5) is 25.6. The van der Waals surface area contributed by atoms with Crippen molar-refractivity contribution < 1.29 is 23.0 Å². The molecule has 0 unspecified atom stereocenters. The summed E-state index contributed by atoms with van der Waals surface area (Å²) in [5.41, 5.74) is 4.14. The van der Waals surface area contributed by atoms with Crippen LogP contribution in [-0.4, -0.2) is 37.3 Å². The number of hydrogen-bond acceptors (Lipinski definition) is 7. The molecule has 10 heteroatoms. The molecule has 2 atom stereocenters. The topological polar surface area (TPSA) is 92.0 Å². The molecule has 3 aromatic heterocycles. The molecular weight excluding hydrogens is 492 g/mol. The van der Waals surface area contributed by atoms with Crippen LogP contribution in [0.3, 0.4) is 0 Å². The van der Waals surface area contributed by atoms with Gasteiger partial charge in [0.15, 0.2) is 0 Å². The third-order valence-corrected chi connectivity index (χ3v) is 7.16. The highest BCUT2D eigenvalue weighted by Crippen LogP contribution is 2.40. The van der Waals surface area contributed by atoms with Crippen LogP contribution >= 0.6 is 0 Å². The van der Waals surface area contributed by atoms with Gasteiger partial charge in [-0.15, -0.1) is 0 Å². The second-order valence-electron chi connectivity index (χ2n) is 9.99. The fourth-order valence-electron chi connectivity index (χ4n) is 4.94. The molecule has 6 rings (SSSR count). The highest BCUT2D eigenvalue weighted by Gasteiger charge is 2.30. The van der Waals surface area contributed by atoms with Crippen LogP contribution in [0.4, 0.5) is 8.78 Å². The third kappa shape index (κ3) is 4.88. The molecule has 1 aliphatic carbocycles. The molecule has 2 aliphatic rings. The predicted molar refractivity (Wildman–Crippen MR) is 134 cm³/mol. The number of aryl methyl sites for hydroxylation is 1. The van der Waals surface area contributed by atoms with Crippen LogP contribution < -0.4 is 0 Å². The Kier molecular flexibility index (Phi) is 6.35. The number of halogens is 2. The number of hydrogen-bond donors (Lipinski definition) is 0. The van der Waals surface area contributed by atoms with Gasteiger partial charge >= 0.3 is 5.97 Å². The zero-order valence-corrected chi connectivity index (χ0v) is 21.2. The highest BCUT2D eigenvalue weighted by atomic mass is 19.1. The molecule has 2 fully saturated rings. The fraction of sp³-hybridized carbons (Fsp3) is 0.393. The number of carbonyl (C=O) groups excluding carboxylic acids is 1. The maximum Gasteiger partial charge on any atom is 0.303 e. The van der Waals surface area contributed by atoms with Crippen molar-refractivity contribution >= 4 is 17.0 Å². The van der Waals surface area contributed by atoms with Crippen LogP contribution in [0.1, 0.15) is 73.3 Å². The van der Waals surface area contributed by atoms with Gasteiger partial charge in [0.05, 0.1) is 35.2 Å². The van der Waals surface area contributed by atoms with E-state index in [2.05, 4.69) is 16.3 Å². The van der Waals surface area contributed by atoms with E-state index in [4.69, 9.17) is 19.4 Å². The standard InChI is InChI=1S/C28H27F2N5O3/c1-15-25(14-38-16(2)36)34-28-24(32-15)11-23(33-27(28)21-6-3-19(29)10-22(21)30)17-7-8-37-26(9-17)18-12-31-35(13-18)20-4-5-20/h3,6,10-13,17,20,26H,4-5,7-9,14H2,1-2H3/t17-,26-/m0/s1. The Bertz CT molecular complexity index is 1530. The van der Waals surface area contributed by atoms with Crippen molar-refractivity contribution in [2.24, 2.45) is 0 Å². The number of carbonyl (C=O) groups is 1. The Morgan fingerprint density at radius 3 is 2.76 bits per heavy atom. The third-order valence-electron chi connectivity index (χ3n) is 7.16. The molecule has 0 radical (unpaired) electrons. The maximum absolute atomic E-state index is 15.0. The SMILES string of the molecule is CC(=O)OCc1nc2c(-c3ccc(F)cc3F)nc([C@H]3CCO[C@H](c4cnn(C5CC5)c4)C3)cc2nc1C. The lowest BCUT2D eigenvalue weighted by atomic mass is 9.89. The van der Waals surface area contributed by atoms with Crippen molar-refractivity contribution in [1.82, 2.24) is 24.7 Å². The van der Waals surface area contributed by atoms with Crippen molar-refractivity contribution in [2.75, 3.05) is 6.61 Å². The number of ether oxygens (including phenoxy) is 2. The number of aromatic nitrogens is 5. The van der Waals surface area contributed by atoms with E-state index in [9.17, 15) is 9.18 Å². The molecule has 1 aliphatic heterocycles. The molecule has 0 bridgehead atoms. The number of nitrogens with zero attached hydrogens (tertiary/aromatic N) is 5. The van der Waals surface area contributed by atoms with Gasteiger partial charge in [-0.05, 0) is 50.8 Å². The van der Waals surface area contributed by atoms with Crippen LogP contribution in [0, 0.1) is 18.6 Å². The largest absolute Gasteiger partial charge is 0.459 e. The summed E-state index contributed by atoms with van der Waals surface area (Å²) < 4.78 is 42.0. The molecule has 4 heterocycles. The molecule has 8 nitrogen and oxygen atoms in total. The quantitative estimate of drug-likeness (QED) is 0.310. The van der Waals surface area contributed by atoms with Crippen LogP contribution in [-0.2, 0) is 20.9 Å². The van der Waals surface area contributed by atoms with E-state index in [0.29, 0.717) is 41.5 Å². The van der Waals surface area contributed by atoms with E-state index >= 15 is 4.39 Å². The first kappa shape index (κ1) is 24.5. The molecule has 0 amide bonds. The van der Waals surface area contributed by atoms with Crippen LogP contribution in [0.2, 0.25) is 0 Å². The van der Waals surface area contributed by atoms with Crippen LogP contribution in [0.15, 0.2) is 36.7 Å². The molecule has 0 spiro atoms. The molecular formula is C28H27F2N5O3. The predicted octanol–water partition coefficient (Wildman–Crippen LogP) is 5.51. The number of benzene rings is 1. The number of pyridine rings is 1. The lowest BCUT2D eigenvalue weighted by Gasteiger charge is -2.29. The van der Waals surface area contributed by atoms with Gasteiger partial charge in [0.25, 0.3) is 0 Å². The van der Waals surface area contributed by atoms with E-state index < -0.39 is 17.6 Å². The van der Waals surface area contributed by atoms with E-state index in [0.717, 1.165) is 36.6 Å². The van der Waals surface area contributed by atoms with E-state index in [-0.39, 0.29) is 29.9 Å². The fourth-order valence-corrected chi connectivity index (χ4v) is 4.94. The molecule has 1 saturated heterocycles. The van der Waals surface area contributed by atoms with Gasteiger partial charge in [0.2, 0.25) is 0 Å². The van der Waals surface area contributed by atoms with Crippen molar-refractivity contribution in [3.8, 4) is 11.3 Å². The minimum atomic E-state index is -0.739.